The average Bonchev–Trinajstić information content (AvgIpc) is 2.67. The Morgan fingerprint density at radius 1 is 1.04 bits per heavy atom. The monoisotopic (exact) mass is 348 g/mol. The maximum Gasteiger partial charge on any atom is 0.270 e. The zero-order valence-corrected chi connectivity index (χ0v) is 14.7. The van der Waals surface area contributed by atoms with Crippen molar-refractivity contribution in [1.29, 1.82) is 0 Å². The lowest BCUT2D eigenvalue weighted by Crippen LogP contribution is -2.24. The summed E-state index contributed by atoms with van der Waals surface area (Å²) >= 11 is 0. The maximum absolute atomic E-state index is 12.4. The van der Waals surface area contributed by atoms with Crippen LogP contribution in [0.3, 0.4) is 0 Å². The molecule has 0 spiro atoms. The van der Waals surface area contributed by atoms with E-state index in [0.29, 0.717) is 23.9 Å². The Morgan fingerprint density at radius 3 is 2.46 bits per heavy atom. The number of amides is 1. The summed E-state index contributed by atoms with van der Waals surface area (Å²) in [6, 6.07) is 18.8. The molecular weight excluding hydrogens is 328 g/mol. The topological polar surface area (TPSA) is 76.1 Å². The summed E-state index contributed by atoms with van der Waals surface area (Å²) in [5, 5.41) is 5.98. The molecule has 0 aliphatic heterocycles. The van der Waals surface area contributed by atoms with Gasteiger partial charge in [0.15, 0.2) is 0 Å². The molecule has 0 atom stereocenters. The van der Waals surface area contributed by atoms with Crippen LogP contribution < -0.4 is 15.4 Å². The van der Waals surface area contributed by atoms with Crippen molar-refractivity contribution in [2.45, 2.75) is 13.5 Å². The highest BCUT2D eigenvalue weighted by molar-refractivity contribution is 5.92. The third kappa shape index (κ3) is 4.57. The molecule has 0 aliphatic carbocycles. The van der Waals surface area contributed by atoms with Crippen molar-refractivity contribution in [1.82, 2.24) is 15.3 Å². The van der Waals surface area contributed by atoms with Gasteiger partial charge in [0.2, 0.25) is 5.95 Å². The molecule has 26 heavy (non-hydrogen) atoms. The van der Waals surface area contributed by atoms with Crippen LogP contribution in [0.25, 0.3) is 0 Å². The van der Waals surface area contributed by atoms with E-state index >= 15 is 0 Å². The van der Waals surface area contributed by atoms with Crippen molar-refractivity contribution in [3.8, 4) is 5.75 Å². The van der Waals surface area contributed by atoms with E-state index in [0.717, 1.165) is 17.0 Å². The number of hydrogen-bond acceptors (Lipinski definition) is 5. The van der Waals surface area contributed by atoms with E-state index in [-0.39, 0.29) is 5.91 Å². The minimum absolute atomic E-state index is 0.248. The number of methoxy groups -OCH3 is 1. The van der Waals surface area contributed by atoms with Crippen LogP contribution in [0, 0.1) is 6.92 Å². The predicted molar refractivity (Wildman–Crippen MR) is 101 cm³/mol. The summed E-state index contributed by atoms with van der Waals surface area (Å²) < 4.78 is 5.13. The normalized spacial score (nSPS) is 10.2. The molecule has 3 rings (SSSR count). The van der Waals surface area contributed by atoms with Gasteiger partial charge in [-0.15, -0.1) is 0 Å². The van der Waals surface area contributed by atoms with Crippen LogP contribution in [0.5, 0.6) is 5.75 Å². The van der Waals surface area contributed by atoms with Gasteiger partial charge in [-0.3, -0.25) is 4.79 Å². The molecule has 1 amide bonds. The molecule has 3 aromatic rings. The first-order valence-corrected chi connectivity index (χ1v) is 8.23. The van der Waals surface area contributed by atoms with Crippen molar-refractivity contribution in [3.63, 3.8) is 0 Å². The fourth-order valence-corrected chi connectivity index (χ4v) is 2.41. The van der Waals surface area contributed by atoms with Gasteiger partial charge in [0.05, 0.1) is 7.11 Å². The molecular formula is C20H20N4O2. The van der Waals surface area contributed by atoms with Crippen molar-refractivity contribution in [3.05, 3.63) is 77.6 Å². The Hall–Kier alpha value is -3.41. The molecule has 0 bridgehead atoms. The van der Waals surface area contributed by atoms with E-state index in [9.17, 15) is 4.79 Å². The van der Waals surface area contributed by atoms with E-state index in [1.807, 2.05) is 61.5 Å². The van der Waals surface area contributed by atoms with Gasteiger partial charge in [-0.2, -0.15) is 0 Å². The van der Waals surface area contributed by atoms with Crippen LogP contribution >= 0.6 is 0 Å². The van der Waals surface area contributed by atoms with Crippen molar-refractivity contribution < 1.29 is 9.53 Å². The van der Waals surface area contributed by atoms with Crippen LogP contribution in [-0.2, 0) is 6.54 Å². The Kier molecular flexibility index (Phi) is 5.43. The Morgan fingerprint density at radius 2 is 1.77 bits per heavy atom. The molecule has 0 aliphatic rings. The lowest BCUT2D eigenvalue weighted by atomic mass is 10.2. The highest BCUT2D eigenvalue weighted by atomic mass is 16.5. The van der Waals surface area contributed by atoms with E-state index < -0.39 is 0 Å². The highest BCUT2D eigenvalue weighted by Crippen LogP contribution is 2.14. The summed E-state index contributed by atoms with van der Waals surface area (Å²) in [4.78, 5) is 21.1. The number of ether oxygens (including phenoxy) is 1. The number of nitrogens with zero attached hydrogens (tertiary/aromatic N) is 2. The second kappa shape index (κ2) is 8.11. The third-order valence-electron chi connectivity index (χ3n) is 3.73. The van der Waals surface area contributed by atoms with Gasteiger partial charge in [0.25, 0.3) is 5.91 Å². The first kappa shape index (κ1) is 17.4. The Balaban J connectivity index is 1.68. The molecule has 1 aromatic heterocycles. The van der Waals surface area contributed by atoms with Crippen LogP contribution in [-0.4, -0.2) is 23.0 Å². The van der Waals surface area contributed by atoms with Crippen LogP contribution in [0.1, 0.15) is 21.7 Å². The number of anilines is 2. The van der Waals surface area contributed by atoms with Gasteiger partial charge >= 0.3 is 0 Å². The van der Waals surface area contributed by atoms with Gasteiger partial charge < -0.3 is 15.4 Å². The summed E-state index contributed by atoms with van der Waals surface area (Å²) in [5.41, 5.74) is 2.88. The van der Waals surface area contributed by atoms with Crippen LogP contribution in [0.2, 0.25) is 0 Å². The van der Waals surface area contributed by atoms with Crippen molar-refractivity contribution in [2.75, 3.05) is 12.4 Å². The van der Waals surface area contributed by atoms with E-state index in [1.54, 1.807) is 13.2 Å². The zero-order valence-electron chi connectivity index (χ0n) is 14.7. The standard InChI is InChI=1S/C20H20N4O2/c1-14-12-18(24-20(22-14)23-16-6-4-3-5-7-16)19(25)21-13-15-8-10-17(26-2)11-9-15/h3-12H,13H2,1-2H3,(H,21,25)(H,22,23,24). The fourth-order valence-electron chi connectivity index (χ4n) is 2.41. The first-order valence-electron chi connectivity index (χ1n) is 8.23. The second-order valence-electron chi connectivity index (χ2n) is 5.74. The number of nitrogens with one attached hydrogen (secondary N) is 2. The predicted octanol–water partition coefficient (Wildman–Crippen LogP) is 3.47. The van der Waals surface area contributed by atoms with Crippen molar-refractivity contribution in [2.24, 2.45) is 0 Å². The number of aryl methyl sites for hydroxylation is 1. The lowest BCUT2D eigenvalue weighted by Gasteiger charge is -2.09. The van der Waals surface area contributed by atoms with E-state index in [2.05, 4.69) is 20.6 Å². The largest absolute Gasteiger partial charge is 0.497 e. The number of carbonyl (C=O) groups excluding carboxylic acids is 1. The number of benzene rings is 2. The average molecular weight is 348 g/mol. The zero-order chi connectivity index (χ0) is 18.4. The smallest absolute Gasteiger partial charge is 0.270 e. The van der Waals surface area contributed by atoms with Crippen molar-refractivity contribution >= 4 is 17.5 Å². The molecule has 0 saturated carbocycles. The van der Waals surface area contributed by atoms with Gasteiger partial charge in [-0.1, -0.05) is 30.3 Å². The summed E-state index contributed by atoms with van der Waals surface area (Å²) in [6.07, 6.45) is 0. The third-order valence-corrected chi connectivity index (χ3v) is 3.73. The molecule has 6 heteroatoms. The molecule has 6 nitrogen and oxygen atoms in total. The Bertz CT molecular complexity index is 880. The van der Waals surface area contributed by atoms with Gasteiger partial charge in [0.1, 0.15) is 11.4 Å². The van der Waals surface area contributed by atoms with Gasteiger partial charge in [0, 0.05) is 17.9 Å². The SMILES string of the molecule is COc1ccc(CNC(=O)c2cc(C)nc(Nc3ccccc3)n2)cc1. The molecule has 0 saturated heterocycles. The highest BCUT2D eigenvalue weighted by Gasteiger charge is 2.11. The maximum atomic E-state index is 12.4. The molecule has 2 N–H and O–H groups in total. The molecule has 132 valence electrons. The minimum atomic E-state index is -0.248. The number of rotatable bonds is 6. The first-order chi connectivity index (χ1) is 12.6. The molecule has 0 unspecified atom stereocenters. The fraction of sp³-hybridized carbons (Fsp3) is 0.150. The summed E-state index contributed by atoms with van der Waals surface area (Å²) in [6.45, 7) is 2.24. The van der Waals surface area contributed by atoms with E-state index in [1.165, 1.54) is 0 Å². The molecule has 0 fully saturated rings. The van der Waals surface area contributed by atoms with Gasteiger partial charge in [-0.25, -0.2) is 9.97 Å². The minimum Gasteiger partial charge on any atom is -0.497 e. The lowest BCUT2D eigenvalue weighted by molar-refractivity contribution is 0.0945. The molecule has 2 aromatic carbocycles. The number of para-hydroxylation sites is 1. The number of aromatic nitrogens is 2. The second-order valence-corrected chi connectivity index (χ2v) is 5.74. The van der Waals surface area contributed by atoms with Crippen LogP contribution in [0.15, 0.2) is 60.7 Å². The Labute approximate surface area is 152 Å². The number of hydrogen-bond donors (Lipinski definition) is 2. The molecule has 1 heterocycles. The summed E-state index contributed by atoms with van der Waals surface area (Å²) in [7, 11) is 1.62. The number of carbonyl (C=O) groups is 1. The molecule has 0 radical (unpaired) electrons. The quantitative estimate of drug-likeness (QED) is 0.713. The van der Waals surface area contributed by atoms with Gasteiger partial charge in [-0.05, 0) is 42.8 Å². The van der Waals surface area contributed by atoms with E-state index in [4.69, 9.17) is 4.74 Å². The summed E-state index contributed by atoms with van der Waals surface area (Å²) in [5.74, 6) is 0.927. The van der Waals surface area contributed by atoms with Crippen LogP contribution in [0.4, 0.5) is 11.6 Å².